The Kier molecular flexibility index (Phi) is 6.99. The lowest BCUT2D eigenvalue weighted by Crippen LogP contribution is -2.45. The Bertz CT molecular complexity index is 703. The smallest absolute Gasteiger partial charge is 0.233 e. The summed E-state index contributed by atoms with van der Waals surface area (Å²) in [6, 6.07) is 0. The van der Waals surface area contributed by atoms with Gasteiger partial charge in [-0.05, 0) is 55.9 Å². The molecule has 5 unspecified atom stereocenters. The molecule has 172 valence electrons. The second kappa shape index (κ2) is 9.72. The highest BCUT2D eigenvalue weighted by Crippen LogP contribution is 2.52. The van der Waals surface area contributed by atoms with Crippen molar-refractivity contribution in [2.24, 2.45) is 40.5 Å². The molecule has 2 aliphatic heterocycles. The Morgan fingerprint density at radius 1 is 1.16 bits per heavy atom. The van der Waals surface area contributed by atoms with Gasteiger partial charge in [-0.25, -0.2) is 0 Å². The first-order valence-corrected chi connectivity index (χ1v) is 12.2. The SMILES string of the molecule is CN=C(NCCCN1C(=O)C2C3C=CC(C3)C2C1=O)NCC1CCCN(CC(C)C)C1. The second-order valence-corrected chi connectivity index (χ2v) is 10.2. The van der Waals surface area contributed by atoms with Gasteiger partial charge in [0.2, 0.25) is 11.8 Å². The number of nitrogens with one attached hydrogen (secondary N) is 2. The Balaban J connectivity index is 1.16. The number of piperidine rings is 1. The zero-order valence-electron chi connectivity index (χ0n) is 19.3. The van der Waals surface area contributed by atoms with Crippen LogP contribution in [0.4, 0.5) is 0 Å². The number of rotatable bonds is 8. The molecule has 2 saturated heterocycles. The molecule has 5 atom stereocenters. The minimum atomic E-state index is -0.0874. The second-order valence-electron chi connectivity index (χ2n) is 10.2. The number of allylic oxidation sites excluding steroid dienone is 2. The van der Waals surface area contributed by atoms with Crippen LogP contribution in [-0.4, -0.2) is 73.9 Å². The maximum absolute atomic E-state index is 12.8. The first kappa shape index (κ1) is 22.3. The van der Waals surface area contributed by atoms with Gasteiger partial charge in [-0.2, -0.15) is 0 Å². The van der Waals surface area contributed by atoms with Gasteiger partial charge < -0.3 is 15.5 Å². The third-order valence-corrected chi connectivity index (χ3v) is 7.42. The van der Waals surface area contributed by atoms with Crippen LogP contribution in [-0.2, 0) is 9.59 Å². The number of amides is 2. The summed E-state index contributed by atoms with van der Waals surface area (Å²) in [4.78, 5) is 33.9. The van der Waals surface area contributed by atoms with Crippen LogP contribution in [0.3, 0.4) is 0 Å². The van der Waals surface area contributed by atoms with E-state index in [1.165, 1.54) is 30.8 Å². The molecule has 0 spiro atoms. The average Bonchev–Trinajstić information content (AvgIpc) is 3.42. The number of guanidine groups is 1. The van der Waals surface area contributed by atoms with Gasteiger partial charge in [0.1, 0.15) is 0 Å². The van der Waals surface area contributed by atoms with Crippen molar-refractivity contribution >= 4 is 17.8 Å². The van der Waals surface area contributed by atoms with E-state index in [4.69, 9.17) is 0 Å². The summed E-state index contributed by atoms with van der Waals surface area (Å²) in [6.07, 6.45) is 8.55. The van der Waals surface area contributed by atoms with Crippen LogP contribution < -0.4 is 10.6 Å². The summed E-state index contributed by atoms with van der Waals surface area (Å²) in [6.45, 7) is 10.2. The minimum Gasteiger partial charge on any atom is -0.356 e. The number of nitrogens with zero attached hydrogens (tertiary/aromatic N) is 3. The molecule has 7 heteroatoms. The summed E-state index contributed by atoms with van der Waals surface area (Å²) >= 11 is 0. The number of hydrogen-bond donors (Lipinski definition) is 2. The fourth-order valence-electron chi connectivity index (χ4n) is 6.09. The van der Waals surface area contributed by atoms with E-state index in [0.717, 1.165) is 31.9 Å². The lowest BCUT2D eigenvalue weighted by molar-refractivity contribution is -0.140. The van der Waals surface area contributed by atoms with Crippen LogP contribution in [0, 0.1) is 35.5 Å². The summed E-state index contributed by atoms with van der Waals surface area (Å²) in [5, 5.41) is 6.82. The van der Waals surface area contributed by atoms with Gasteiger partial charge in [-0.3, -0.25) is 19.5 Å². The fourth-order valence-corrected chi connectivity index (χ4v) is 6.09. The third kappa shape index (κ3) is 4.81. The van der Waals surface area contributed by atoms with Crippen molar-refractivity contribution in [3.05, 3.63) is 12.2 Å². The van der Waals surface area contributed by atoms with Crippen molar-refractivity contribution in [3.63, 3.8) is 0 Å². The van der Waals surface area contributed by atoms with Crippen LogP contribution in [0.25, 0.3) is 0 Å². The molecule has 4 rings (SSSR count). The normalized spacial score (nSPS) is 33.0. The Labute approximate surface area is 186 Å². The van der Waals surface area contributed by atoms with E-state index < -0.39 is 0 Å². The molecule has 7 nitrogen and oxygen atoms in total. The highest BCUT2D eigenvalue weighted by Gasteiger charge is 2.58. The summed E-state index contributed by atoms with van der Waals surface area (Å²) < 4.78 is 0. The van der Waals surface area contributed by atoms with Crippen LogP contribution in [0.1, 0.15) is 39.5 Å². The molecule has 2 N–H and O–H groups in total. The molecule has 0 aromatic rings. The van der Waals surface area contributed by atoms with E-state index in [1.807, 2.05) is 0 Å². The van der Waals surface area contributed by atoms with E-state index in [-0.39, 0.29) is 35.5 Å². The maximum Gasteiger partial charge on any atom is 0.233 e. The lowest BCUT2D eigenvalue weighted by Gasteiger charge is -2.34. The number of aliphatic imine (C=N–C) groups is 1. The zero-order valence-corrected chi connectivity index (χ0v) is 19.3. The monoisotopic (exact) mass is 429 g/mol. The Hall–Kier alpha value is -1.89. The number of likely N-dealkylation sites (tertiary alicyclic amines) is 2. The molecule has 3 fully saturated rings. The molecule has 2 heterocycles. The number of fused-ring (bicyclic) bond motifs is 5. The van der Waals surface area contributed by atoms with Gasteiger partial charge in [0.15, 0.2) is 5.96 Å². The van der Waals surface area contributed by atoms with Crippen molar-refractivity contribution in [2.75, 3.05) is 46.3 Å². The first-order chi connectivity index (χ1) is 15.0. The van der Waals surface area contributed by atoms with Crippen molar-refractivity contribution in [1.82, 2.24) is 20.4 Å². The topological polar surface area (TPSA) is 77.0 Å². The maximum atomic E-state index is 12.8. The number of imide groups is 1. The highest BCUT2D eigenvalue weighted by molar-refractivity contribution is 6.06. The van der Waals surface area contributed by atoms with Gasteiger partial charge in [0.05, 0.1) is 11.8 Å². The van der Waals surface area contributed by atoms with Crippen molar-refractivity contribution < 1.29 is 9.59 Å². The van der Waals surface area contributed by atoms with Crippen molar-refractivity contribution in [2.45, 2.75) is 39.5 Å². The Morgan fingerprint density at radius 2 is 1.87 bits per heavy atom. The van der Waals surface area contributed by atoms with E-state index in [0.29, 0.717) is 24.9 Å². The number of hydrogen-bond acceptors (Lipinski definition) is 4. The standard InChI is InChI=1S/C24H39N5O2/c1-16(2)14-28-10-4-6-17(15-28)13-27-24(25-3)26-9-5-11-29-22(30)20-18-7-8-19(12-18)21(20)23(29)31/h7-8,16-21H,4-6,9-15H2,1-3H3,(H2,25,26,27). The summed E-state index contributed by atoms with van der Waals surface area (Å²) in [5.41, 5.74) is 0. The lowest BCUT2D eigenvalue weighted by atomic mass is 9.85. The molecule has 4 aliphatic rings. The van der Waals surface area contributed by atoms with Gasteiger partial charge in [0, 0.05) is 39.8 Å². The third-order valence-electron chi connectivity index (χ3n) is 7.42. The van der Waals surface area contributed by atoms with Gasteiger partial charge in [-0.1, -0.05) is 26.0 Å². The van der Waals surface area contributed by atoms with E-state index in [9.17, 15) is 9.59 Å². The predicted molar refractivity (Wildman–Crippen MR) is 122 cm³/mol. The zero-order chi connectivity index (χ0) is 22.0. The molecule has 2 amide bonds. The highest BCUT2D eigenvalue weighted by atomic mass is 16.2. The van der Waals surface area contributed by atoms with E-state index >= 15 is 0 Å². The largest absolute Gasteiger partial charge is 0.356 e. The Morgan fingerprint density at radius 3 is 2.52 bits per heavy atom. The van der Waals surface area contributed by atoms with Crippen LogP contribution in [0.2, 0.25) is 0 Å². The average molecular weight is 430 g/mol. The van der Waals surface area contributed by atoms with Crippen LogP contribution in [0.5, 0.6) is 0 Å². The summed E-state index contributed by atoms with van der Waals surface area (Å²) in [5.74, 6) is 2.67. The predicted octanol–water partition coefficient (Wildman–Crippen LogP) is 1.72. The van der Waals surface area contributed by atoms with Crippen molar-refractivity contribution in [1.29, 1.82) is 0 Å². The molecule has 0 aromatic heterocycles. The number of carbonyl (C=O) groups excluding carboxylic acids is 2. The molecule has 2 bridgehead atoms. The van der Waals surface area contributed by atoms with E-state index in [1.54, 1.807) is 7.05 Å². The van der Waals surface area contributed by atoms with Gasteiger partial charge >= 0.3 is 0 Å². The minimum absolute atomic E-state index is 0.0533. The molecule has 0 aromatic carbocycles. The first-order valence-electron chi connectivity index (χ1n) is 12.2. The molecular formula is C24H39N5O2. The van der Waals surface area contributed by atoms with Crippen molar-refractivity contribution in [3.8, 4) is 0 Å². The molecule has 1 saturated carbocycles. The van der Waals surface area contributed by atoms with Crippen LogP contribution in [0.15, 0.2) is 17.1 Å². The molecule has 2 aliphatic carbocycles. The van der Waals surface area contributed by atoms with Gasteiger partial charge in [0.25, 0.3) is 0 Å². The number of carbonyl (C=O) groups is 2. The quantitative estimate of drug-likeness (QED) is 0.202. The molecule has 31 heavy (non-hydrogen) atoms. The van der Waals surface area contributed by atoms with E-state index in [2.05, 4.69) is 46.5 Å². The molecule has 0 radical (unpaired) electrons. The van der Waals surface area contributed by atoms with Crippen LogP contribution >= 0.6 is 0 Å². The van der Waals surface area contributed by atoms with Gasteiger partial charge in [-0.15, -0.1) is 0 Å². The fraction of sp³-hybridized carbons (Fsp3) is 0.792. The summed E-state index contributed by atoms with van der Waals surface area (Å²) in [7, 11) is 1.79. The molecular weight excluding hydrogens is 390 g/mol.